The minimum absolute atomic E-state index is 0.00792. The minimum atomic E-state index is 0.00792. The molecule has 1 aromatic rings. The number of nitrogens with one attached hydrogen (secondary N) is 1. The lowest BCUT2D eigenvalue weighted by molar-refractivity contribution is -0.121. The molecule has 3 N–H and O–H groups in total. The largest absolute Gasteiger partial charge is 0.491 e. The summed E-state index contributed by atoms with van der Waals surface area (Å²) in [5.41, 5.74) is 6.30. The molecule has 0 unspecified atom stereocenters. The Labute approximate surface area is 106 Å². The average Bonchev–Trinajstić information content (AvgIpc) is 2.32. The van der Waals surface area contributed by atoms with Gasteiger partial charge in [0.25, 0.3) is 0 Å². The Kier molecular flexibility index (Phi) is 6.32. The predicted octanol–water partition coefficient (Wildman–Crippen LogP) is 1.52. The molecule has 0 saturated carbocycles. The summed E-state index contributed by atoms with van der Waals surface area (Å²) in [6.07, 6.45) is 2.36. The van der Waals surface area contributed by atoms with Gasteiger partial charge >= 0.3 is 0 Å². The fourth-order valence-electron chi connectivity index (χ4n) is 1.25. The molecular weight excluding hydrogens is 236 g/mol. The molecule has 4 nitrogen and oxygen atoms in total. The Bertz CT molecular complexity index is 358. The van der Waals surface area contributed by atoms with Crippen molar-refractivity contribution < 1.29 is 9.53 Å². The van der Waals surface area contributed by atoms with E-state index in [0.29, 0.717) is 31.0 Å². The van der Waals surface area contributed by atoms with Gasteiger partial charge in [0, 0.05) is 12.3 Å². The van der Waals surface area contributed by atoms with E-state index in [9.17, 15) is 4.79 Å². The van der Waals surface area contributed by atoms with Crippen LogP contribution in [0.2, 0.25) is 0 Å². The number of ether oxygens (including phenoxy) is 1. The number of para-hydroxylation sites is 2. The van der Waals surface area contributed by atoms with E-state index in [0.717, 1.165) is 5.75 Å². The van der Waals surface area contributed by atoms with Crippen molar-refractivity contribution in [2.24, 2.45) is 0 Å². The van der Waals surface area contributed by atoms with Crippen molar-refractivity contribution in [2.75, 3.05) is 30.9 Å². The summed E-state index contributed by atoms with van der Waals surface area (Å²) in [7, 11) is 0. The first-order valence-corrected chi connectivity index (χ1v) is 6.86. The summed E-state index contributed by atoms with van der Waals surface area (Å²) in [5.74, 6) is 1.57. The van der Waals surface area contributed by atoms with Crippen molar-refractivity contribution >= 4 is 23.4 Å². The highest BCUT2D eigenvalue weighted by Crippen LogP contribution is 2.19. The molecule has 17 heavy (non-hydrogen) atoms. The Morgan fingerprint density at radius 2 is 2.24 bits per heavy atom. The molecule has 0 heterocycles. The van der Waals surface area contributed by atoms with Gasteiger partial charge in [0.05, 0.1) is 18.7 Å². The van der Waals surface area contributed by atoms with Gasteiger partial charge in [0.2, 0.25) is 5.91 Å². The van der Waals surface area contributed by atoms with E-state index in [1.807, 2.05) is 18.4 Å². The Morgan fingerprint density at radius 3 is 2.94 bits per heavy atom. The molecule has 0 radical (unpaired) electrons. The summed E-state index contributed by atoms with van der Waals surface area (Å²) in [4.78, 5) is 11.4. The van der Waals surface area contributed by atoms with Crippen molar-refractivity contribution in [1.82, 2.24) is 5.32 Å². The summed E-state index contributed by atoms with van der Waals surface area (Å²) < 4.78 is 5.42. The van der Waals surface area contributed by atoms with Gasteiger partial charge in [-0.25, -0.2) is 0 Å². The van der Waals surface area contributed by atoms with Gasteiger partial charge in [-0.3, -0.25) is 4.79 Å². The second-order valence-corrected chi connectivity index (χ2v) is 4.46. The maximum absolute atomic E-state index is 11.4. The molecule has 1 rings (SSSR count). The van der Waals surface area contributed by atoms with Gasteiger partial charge in [-0.05, 0) is 18.4 Å². The molecule has 0 spiro atoms. The number of hydrogen-bond acceptors (Lipinski definition) is 4. The number of benzene rings is 1. The monoisotopic (exact) mass is 254 g/mol. The van der Waals surface area contributed by atoms with Gasteiger partial charge in [0.1, 0.15) is 5.75 Å². The first-order chi connectivity index (χ1) is 8.24. The van der Waals surface area contributed by atoms with Gasteiger partial charge in [-0.2, -0.15) is 11.8 Å². The van der Waals surface area contributed by atoms with Crippen LogP contribution in [-0.4, -0.2) is 31.1 Å². The van der Waals surface area contributed by atoms with Crippen LogP contribution >= 0.6 is 11.8 Å². The first kappa shape index (κ1) is 13.7. The van der Waals surface area contributed by atoms with Crippen LogP contribution in [0, 0.1) is 0 Å². The zero-order valence-electron chi connectivity index (χ0n) is 9.94. The van der Waals surface area contributed by atoms with E-state index in [2.05, 4.69) is 5.32 Å². The number of nitrogen functional groups attached to an aromatic ring is 1. The number of carbonyl (C=O) groups excluding carboxylic acids is 1. The zero-order valence-corrected chi connectivity index (χ0v) is 10.8. The Balaban J connectivity index is 2.19. The molecule has 5 heteroatoms. The van der Waals surface area contributed by atoms with E-state index in [4.69, 9.17) is 10.5 Å². The molecule has 0 saturated heterocycles. The standard InChI is InChI=1S/C12H18N2O2S/c1-17-9-7-14-12(15)6-8-16-11-5-3-2-4-10(11)13/h2-5H,6-9,13H2,1H3,(H,14,15). The maximum atomic E-state index is 11.4. The Morgan fingerprint density at radius 1 is 1.47 bits per heavy atom. The number of thioether (sulfide) groups is 1. The Hall–Kier alpha value is -1.36. The van der Waals surface area contributed by atoms with Crippen molar-refractivity contribution in [3.05, 3.63) is 24.3 Å². The van der Waals surface area contributed by atoms with Gasteiger partial charge < -0.3 is 15.8 Å². The fourth-order valence-corrected chi connectivity index (χ4v) is 1.55. The second-order valence-electron chi connectivity index (χ2n) is 3.48. The van der Waals surface area contributed by atoms with Gasteiger partial charge in [-0.15, -0.1) is 0 Å². The summed E-state index contributed by atoms with van der Waals surface area (Å²) in [6.45, 7) is 1.05. The molecule has 0 aromatic heterocycles. The topological polar surface area (TPSA) is 64.3 Å². The summed E-state index contributed by atoms with van der Waals surface area (Å²) in [6, 6.07) is 7.26. The predicted molar refractivity (Wildman–Crippen MR) is 72.4 cm³/mol. The SMILES string of the molecule is CSCCNC(=O)CCOc1ccccc1N. The van der Waals surface area contributed by atoms with Crippen LogP contribution in [0.5, 0.6) is 5.75 Å². The lowest BCUT2D eigenvalue weighted by Gasteiger charge is -2.08. The van der Waals surface area contributed by atoms with Crippen molar-refractivity contribution in [3.8, 4) is 5.75 Å². The van der Waals surface area contributed by atoms with Crippen LogP contribution in [0.4, 0.5) is 5.69 Å². The molecule has 1 amide bonds. The molecule has 0 aliphatic rings. The van der Waals surface area contributed by atoms with Gasteiger partial charge in [0.15, 0.2) is 0 Å². The van der Waals surface area contributed by atoms with E-state index in [1.165, 1.54) is 0 Å². The third-order valence-corrected chi connectivity index (χ3v) is 2.75. The molecule has 0 aliphatic heterocycles. The number of rotatable bonds is 7. The van der Waals surface area contributed by atoms with Crippen LogP contribution in [-0.2, 0) is 4.79 Å². The van der Waals surface area contributed by atoms with Crippen LogP contribution in [0.25, 0.3) is 0 Å². The third-order valence-electron chi connectivity index (χ3n) is 2.13. The summed E-state index contributed by atoms with van der Waals surface area (Å²) in [5, 5.41) is 2.81. The van der Waals surface area contributed by atoms with E-state index >= 15 is 0 Å². The lowest BCUT2D eigenvalue weighted by atomic mass is 10.3. The van der Waals surface area contributed by atoms with Crippen LogP contribution in [0.1, 0.15) is 6.42 Å². The van der Waals surface area contributed by atoms with Crippen molar-refractivity contribution in [1.29, 1.82) is 0 Å². The molecule has 0 fully saturated rings. The first-order valence-electron chi connectivity index (χ1n) is 5.47. The third kappa shape index (κ3) is 5.49. The normalized spacial score (nSPS) is 9.94. The van der Waals surface area contributed by atoms with Crippen molar-refractivity contribution in [3.63, 3.8) is 0 Å². The fraction of sp³-hybridized carbons (Fsp3) is 0.417. The van der Waals surface area contributed by atoms with Gasteiger partial charge in [-0.1, -0.05) is 12.1 Å². The lowest BCUT2D eigenvalue weighted by Crippen LogP contribution is -2.27. The number of amides is 1. The number of hydrogen-bond donors (Lipinski definition) is 2. The van der Waals surface area contributed by atoms with Crippen molar-refractivity contribution in [2.45, 2.75) is 6.42 Å². The van der Waals surface area contributed by atoms with Crippen LogP contribution in [0.15, 0.2) is 24.3 Å². The molecule has 0 bridgehead atoms. The zero-order chi connectivity index (χ0) is 12.5. The second kappa shape index (κ2) is 7.84. The number of nitrogens with two attached hydrogens (primary N) is 1. The highest BCUT2D eigenvalue weighted by atomic mass is 32.2. The summed E-state index contributed by atoms with van der Waals surface area (Å²) >= 11 is 1.70. The molecule has 0 aliphatic carbocycles. The molecule has 1 aromatic carbocycles. The van der Waals surface area contributed by atoms with Crippen LogP contribution < -0.4 is 15.8 Å². The quantitative estimate of drug-likeness (QED) is 0.572. The van der Waals surface area contributed by atoms with E-state index in [1.54, 1.807) is 23.9 Å². The highest BCUT2D eigenvalue weighted by molar-refractivity contribution is 7.98. The molecular formula is C12H18N2O2S. The minimum Gasteiger partial charge on any atom is -0.491 e. The van der Waals surface area contributed by atoms with E-state index in [-0.39, 0.29) is 5.91 Å². The van der Waals surface area contributed by atoms with E-state index < -0.39 is 0 Å². The maximum Gasteiger partial charge on any atom is 0.223 e. The molecule has 94 valence electrons. The number of carbonyl (C=O) groups is 1. The molecule has 0 atom stereocenters. The number of anilines is 1. The van der Waals surface area contributed by atoms with Crippen LogP contribution in [0.3, 0.4) is 0 Å². The average molecular weight is 254 g/mol. The smallest absolute Gasteiger partial charge is 0.223 e. The highest BCUT2D eigenvalue weighted by Gasteiger charge is 2.02.